The molecule has 0 saturated carbocycles. The molecule has 0 rings (SSSR count). The molecular formula is C6H16NO4PtS. The Balaban J connectivity index is 0. The monoisotopic (exact) mass is 393 g/mol. The molecule has 7 heteroatoms. The van der Waals surface area contributed by atoms with E-state index >= 15 is 0 Å². The summed E-state index contributed by atoms with van der Waals surface area (Å²) in [6.07, 6.45) is 0. The van der Waals surface area contributed by atoms with Crippen LogP contribution in [0.25, 0.3) is 0 Å². The van der Waals surface area contributed by atoms with Gasteiger partial charge in [0.25, 0.3) is 0 Å². The summed E-state index contributed by atoms with van der Waals surface area (Å²) in [7, 11) is -4.67. The van der Waals surface area contributed by atoms with Crippen molar-refractivity contribution >= 4 is 10.4 Å². The Morgan fingerprint density at radius 3 is 1.23 bits per heavy atom. The number of hydrogen-bond donors (Lipinski definition) is 2. The average Bonchev–Trinajstić information content (AvgIpc) is 1.81. The molecule has 0 atom stereocenters. The normalized spacial score (nSPS) is 11.9. The largest absolute Gasteiger partial charge is 0.394 e. The molecule has 0 radical (unpaired) electrons. The number of nitrogens with zero attached hydrogens (tertiary/aromatic N) is 1. The Kier molecular flexibility index (Phi) is 8.47. The minimum Gasteiger partial charge on any atom is -0.264 e. The topological polar surface area (TPSA) is 77.8 Å². The van der Waals surface area contributed by atoms with Gasteiger partial charge in [-0.05, 0) is 0 Å². The van der Waals surface area contributed by atoms with E-state index in [1.54, 1.807) is 0 Å². The van der Waals surface area contributed by atoms with Crippen molar-refractivity contribution in [3.63, 3.8) is 0 Å². The van der Waals surface area contributed by atoms with Gasteiger partial charge < -0.3 is 0 Å². The first-order chi connectivity index (χ1) is 5.55. The first-order valence-corrected chi connectivity index (χ1v) is 6.08. The van der Waals surface area contributed by atoms with Gasteiger partial charge in [-0.2, -0.15) is 8.42 Å². The third-order valence-electron chi connectivity index (χ3n) is 0.923. The van der Waals surface area contributed by atoms with Crippen LogP contribution in [0.5, 0.6) is 0 Å². The molecule has 0 bridgehead atoms. The zero-order valence-electron chi connectivity index (χ0n) is 8.04. The van der Waals surface area contributed by atoms with Crippen molar-refractivity contribution in [3.05, 3.63) is 0 Å². The van der Waals surface area contributed by atoms with Crippen LogP contribution in [0.3, 0.4) is 0 Å². The molecule has 5 nitrogen and oxygen atoms in total. The van der Waals surface area contributed by atoms with E-state index in [9.17, 15) is 0 Å². The van der Waals surface area contributed by atoms with E-state index in [0.29, 0.717) is 12.1 Å². The molecule has 0 fully saturated rings. The summed E-state index contributed by atoms with van der Waals surface area (Å²) in [6, 6.07) is 1.33. The van der Waals surface area contributed by atoms with Crippen molar-refractivity contribution in [2.45, 2.75) is 39.8 Å². The van der Waals surface area contributed by atoms with E-state index in [4.69, 9.17) is 17.5 Å². The second-order valence-corrected chi connectivity index (χ2v) is 5.02. The van der Waals surface area contributed by atoms with Gasteiger partial charge >= 0.3 is 73.7 Å². The molecule has 0 aliphatic rings. The summed E-state index contributed by atoms with van der Waals surface area (Å²) in [6.45, 7) is 8.81. The van der Waals surface area contributed by atoms with Gasteiger partial charge in [0.15, 0.2) is 0 Å². The molecule has 0 aromatic rings. The fraction of sp³-hybridized carbons (Fsp3) is 1.00. The maximum atomic E-state index is 8.74. The second-order valence-electron chi connectivity index (χ2n) is 2.95. The van der Waals surface area contributed by atoms with Crippen molar-refractivity contribution in [1.29, 1.82) is 0 Å². The van der Waals surface area contributed by atoms with Crippen molar-refractivity contribution in [2.75, 3.05) is 0 Å². The quantitative estimate of drug-likeness (QED) is 0.683. The van der Waals surface area contributed by atoms with Crippen molar-refractivity contribution in [2.24, 2.45) is 0 Å². The summed E-state index contributed by atoms with van der Waals surface area (Å²) < 4.78 is 33.9. The van der Waals surface area contributed by atoms with Crippen molar-refractivity contribution in [3.8, 4) is 0 Å². The van der Waals surface area contributed by atoms with Crippen LogP contribution in [0.4, 0.5) is 0 Å². The summed E-state index contributed by atoms with van der Waals surface area (Å²) >= 11 is 2.34. The van der Waals surface area contributed by atoms with Crippen LogP contribution < -0.4 is 0 Å². The van der Waals surface area contributed by atoms with Gasteiger partial charge in [0.2, 0.25) is 0 Å². The zero-order valence-corrected chi connectivity index (χ0v) is 11.1. The van der Waals surface area contributed by atoms with Gasteiger partial charge in [-0.1, -0.05) is 0 Å². The Bertz CT molecular complexity index is 199. The Hall–Kier alpha value is 0.518. The minimum absolute atomic E-state index is 0.664. The number of hydrogen-bond acceptors (Lipinski definition) is 3. The van der Waals surface area contributed by atoms with E-state index in [0.717, 1.165) is 0 Å². The maximum Gasteiger partial charge on any atom is 0.394 e. The van der Waals surface area contributed by atoms with E-state index in [1.807, 2.05) is 0 Å². The molecule has 0 saturated heterocycles. The summed E-state index contributed by atoms with van der Waals surface area (Å²) in [5.74, 6) is 0. The van der Waals surface area contributed by atoms with E-state index in [-0.39, 0.29) is 0 Å². The van der Waals surface area contributed by atoms with Crippen LogP contribution in [-0.4, -0.2) is 33.1 Å². The minimum atomic E-state index is -4.67. The summed E-state index contributed by atoms with van der Waals surface area (Å²) in [4.78, 5) is 0. The molecule has 2 N–H and O–H groups in total. The third kappa shape index (κ3) is 19.1. The predicted octanol–water partition coefficient (Wildman–Crippen LogP) is 0.914. The molecule has 0 unspecified atom stereocenters. The van der Waals surface area contributed by atoms with Crippen molar-refractivity contribution < 1.29 is 37.6 Å². The Labute approximate surface area is 91.3 Å². The smallest absolute Gasteiger partial charge is 0.264 e. The summed E-state index contributed by atoms with van der Waals surface area (Å²) in [5, 5.41) is 0. The fourth-order valence-electron chi connectivity index (χ4n) is 0.596. The maximum absolute atomic E-state index is 8.74. The Morgan fingerprint density at radius 2 is 1.23 bits per heavy atom. The molecule has 0 aliphatic heterocycles. The van der Waals surface area contributed by atoms with Crippen LogP contribution in [0, 0.1) is 0 Å². The molecule has 0 spiro atoms. The first kappa shape index (κ1) is 16.0. The van der Waals surface area contributed by atoms with E-state index in [2.05, 4.69) is 51.2 Å². The molecule has 0 aliphatic carbocycles. The van der Waals surface area contributed by atoms with Gasteiger partial charge in [0.1, 0.15) is 0 Å². The van der Waals surface area contributed by atoms with Gasteiger partial charge in [0.05, 0.1) is 0 Å². The Morgan fingerprint density at radius 1 is 1.08 bits per heavy atom. The first-order valence-electron chi connectivity index (χ1n) is 3.67. The molecule has 0 amide bonds. The number of rotatable bonds is 2. The molecule has 0 heterocycles. The van der Waals surface area contributed by atoms with Gasteiger partial charge in [0, 0.05) is 0 Å². The molecule has 0 aromatic carbocycles. The summed E-state index contributed by atoms with van der Waals surface area (Å²) in [5.41, 5.74) is 0. The average molecular weight is 393 g/mol. The van der Waals surface area contributed by atoms with Crippen LogP contribution >= 0.6 is 0 Å². The SMILES string of the molecule is CC(C)[N]([Pt])C(C)C.O=S(=O)(O)O. The zero-order chi connectivity index (χ0) is 11.2. The van der Waals surface area contributed by atoms with Crippen LogP contribution in [0.2, 0.25) is 0 Å². The van der Waals surface area contributed by atoms with Gasteiger partial charge in [-0.25, -0.2) is 0 Å². The van der Waals surface area contributed by atoms with E-state index < -0.39 is 10.4 Å². The molecular weight excluding hydrogens is 377 g/mol. The van der Waals surface area contributed by atoms with Crippen molar-refractivity contribution in [1.82, 2.24) is 3.46 Å². The van der Waals surface area contributed by atoms with Crippen LogP contribution in [-0.2, 0) is 30.5 Å². The fourth-order valence-corrected chi connectivity index (χ4v) is 0.596. The second kappa shape index (κ2) is 6.90. The molecule has 85 valence electrons. The van der Waals surface area contributed by atoms with Gasteiger partial charge in [-0.3, -0.25) is 9.11 Å². The standard InChI is InChI=1S/C6H14N.H2O4S.Pt/c1-5(2)7-6(3)4;1-5(2,3)4;/h5-6H,1-4H3;(H2,1,2,3,4);/q-1;;+1. The molecule has 13 heavy (non-hydrogen) atoms. The predicted molar refractivity (Wildman–Crippen MR) is 46.3 cm³/mol. The third-order valence-corrected chi connectivity index (χ3v) is 3.27. The van der Waals surface area contributed by atoms with Crippen LogP contribution in [0.1, 0.15) is 27.7 Å². The molecule has 0 aromatic heterocycles. The van der Waals surface area contributed by atoms with E-state index in [1.165, 1.54) is 0 Å². The van der Waals surface area contributed by atoms with Crippen LogP contribution in [0.15, 0.2) is 0 Å². The van der Waals surface area contributed by atoms with Gasteiger partial charge in [-0.15, -0.1) is 0 Å².